The zero-order chi connectivity index (χ0) is 19.9. The molecule has 1 N–H and O–H groups in total. The fourth-order valence-corrected chi connectivity index (χ4v) is 4.17. The van der Waals surface area contributed by atoms with Crippen LogP contribution in [0.15, 0.2) is 28.7 Å². The lowest BCUT2D eigenvalue weighted by Gasteiger charge is -2.22. The molecular formula is C19H27N7S2. The number of likely N-dealkylation sites (N-methyl/N-ethyl adjacent to an activating group) is 1. The number of aliphatic imine (C=N–C) groups is 1. The summed E-state index contributed by atoms with van der Waals surface area (Å²) in [7, 11) is 4.04. The molecule has 7 nitrogen and oxygen atoms in total. The molecule has 0 amide bonds. The van der Waals surface area contributed by atoms with Crippen molar-refractivity contribution in [3.63, 3.8) is 0 Å². The second kappa shape index (κ2) is 9.79. The third kappa shape index (κ3) is 5.62. The lowest BCUT2D eigenvalue weighted by molar-refractivity contribution is 0.482. The van der Waals surface area contributed by atoms with Crippen molar-refractivity contribution >= 4 is 28.6 Å². The van der Waals surface area contributed by atoms with E-state index in [1.807, 2.05) is 24.7 Å². The number of thiazole rings is 1. The van der Waals surface area contributed by atoms with Crippen molar-refractivity contribution in [1.29, 1.82) is 0 Å². The summed E-state index contributed by atoms with van der Waals surface area (Å²) in [6.45, 7) is 6.24. The number of thiophene rings is 1. The van der Waals surface area contributed by atoms with Gasteiger partial charge in [-0.25, -0.2) is 9.98 Å². The first kappa shape index (κ1) is 20.5. The van der Waals surface area contributed by atoms with Crippen LogP contribution in [-0.2, 0) is 26.4 Å². The molecule has 0 atom stereocenters. The lowest BCUT2D eigenvalue weighted by Crippen LogP contribution is -2.41. The minimum atomic E-state index is 0.499. The van der Waals surface area contributed by atoms with Crippen molar-refractivity contribution in [2.24, 2.45) is 12.0 Å². The van der Waals surface area contributed by atoms with Gasteiger partial charge in [-0.05, 0) is 31.7 Å². The van der Waals surface area contributed by atoms with E-state index in [0.29, 0.717) is 6.54 Å². The molecule has 3 aromatic rings. The Morgan fingerprint density at radius 1 is 1.29 bits per heavy atom. The number of nitrogens with one attached hydrogen (secondary N) is 1. The first-order chi connectivity index (χ1) is 13.5. The lowest BCUT2D eigenvalue weighted by atomic mass is 10.3. The number of aromatic nitrogens is 4. The van der Waals surface area contributed by atoms with E-state index in [1.165, 1.54) is 9.75 Å². The molecule has 28 heavy (non-hydrogen) atoms. The summed E-state index contributed by atoms with van der Waals surface area (Å²) in [5.74, 6) is 2.63. The van der Waals surface area contributed by atoms with E-state index in [4.69, 9.17) is 4.99 Å². The molecule has 3 aromatic heterocycles. The standard InChI is InChI=1S/C19H27N7S2/c1-14-12-21-18(28-14)8-10-25(3)19(20-9-7-16-6-5-11-27-16)22-13-17-24-23-15(2)26(17)4/h5-6,11-12H,7-10,13H2,1-4H3,(H,20,22). The molecule has 150 valence electrons. The van der Waals surface area contributed by atoms with Gasteiger partial charge in [0.05, 0.1) is 5.01 Å². The Labute approximate surface area is 174 Å². The first-order valence-corrected chi connectivity index (χ1v) is 11.0. The molecule has 0 bridgehead atoms. The molecule has 0 aliphatic heterocycles. The van der Waals surface area contributed by atoms with Crippen LogP contribution >= 0.6 is 22.7 Å². The summed E-state index contributed by atoms with van der Waals surface area (Å²) in [6.07, 6.45) is 3.83. The average molecular weight is 418 g/mol. The third-order valence-corrected chi connectivity index (χ3v) is 6.39. The molecule has 0 aliphatic carbocycles. The van der Waals surface area contributed by atoms with Crippen molar-refractivity contribution in [2.45, 2.75) is 33.2 Å². The summed E-state index contributed by atoms with van der Waals surface area (Å²) in [6, 6.07) is 4.26. The van der Waals surface area contributed by atoms with Gasteiger partial charge in [0.15, 0.2) is 11.8 Å². The molecule has 0 spiro atoms. The molecule has 0 saturated heterocycles. The first-order valence-electron chi connectivity index (χ1n) is 9.31. The number of aryl methyl sites for hydroxylation is 2. The minimum Gasteiger partial charge on any atom is -0.356 e. The third-order valence-electron chi connectivity index (χ3n) is 4.48. The molecule has 0 fully saturated rings. The molecule has 0 aliphatic rings. The van der Waals surface area contributed by atoms with Crippen LogP contribution in [-0.4, -0.2) is 50.7 Å². The maximum Gasteiger partial charge on any atom is 0.194 e. The summed E-state index contributed by atoms with van der Waals surface area (Å²) in [5, 5.41) is 15.1. The van der Waals surface area contributed by atoms with Gasteiger partial charge < -0.3 is 14.8 Å². The van der Waals surface area contributed by atoms with Gasteiger partial charge in [-0.3, -0.25) is 0 Å². The highest BCUT2D eigenvalue weighted by Gasteiger charge is 2.10. The molecule has 0 saturated carbocycles. The van der Waals surface area contributed by atoms with Crippen LogP contribution in [0.5, 0.6) is 0 Å². The van der Waals surface area contributed by atoms with Crippen LogP contribution in [0.3, 0.4) is 0 Å². The topological polar surface area (TPSA) is 71.2 Å². The Morgan fingerprint density at radius 3 is 2.79 bits per heavy atom. The average Bonchev–Trinajstić information content (AvgIpc) is 3.41. The Morgan fingerprint density at radius 2 is 2.14 bits per heavy atom. The van der Waals surface area contributed by atoms with Crippen LogP contribution in [0.1, 0.15) is 26.4 Å². The predicted molar refractivity (Wildman–Crippen MR) is 116 cm³/mol. The fourth-order valence-electron chi connectivity index (χ4n) is 2.68. The van der Waals surface area contributed by atoms with E-state index in [1.54, 1.807) is 22.7 Å². The van der Waals surface area contributed by atoms with E-state index in [9.17, 15) is 0 Å². The van der Waals surface area contributed by atoms with Gasteiger partial charge in [0.2, 0.25) is 0 Å². The van der Waals surface area contributed by atoms with E-state index >= 15 is 0 Å². The van der Waals surface area contributed by atoms with E-state index in [2.05, 4.69) is 56.9 Å². The molecule has 0 unspecified atom stereocenters. The molecular weight excluding hydrogens is 390 g/mol. The zero-order valence-electron chi connectivity index (χ0n) is 16.8. The van der Waals surface area contributed by atoms with E-state index in [-0.39, 0.29) is 0 Å². The highest BCUT2D eigenvalue weighted by Crippen LogP contribution is 2.12. The summed E-state index contributed by atoms with van der Waals surface area (Å²) in [5.41, 5.74) is 0. The number of guanidine groups is 1. The maximum absolute atomic E-state index is 4.80. The smallest absolute Gasteiger partial charge is 0.194 e. The molecule has 0 radical (unpaired) electrons. The Hall–Kier alpha value is -2.26. The number of hydrogen-bond donors (Lipinski definition) is 1. The second-order valence-corrected chi connectivity index (χ2v) is 9.01. The van der Waals surface area contributed by atoms with Gasteiger partial charge in [-0.1, -0.05) is 6.07 Å². The fraction of sp³-hybridized carbons (Fsp3) is 0.474. The Kier molecular flexibility index (Phi) is 7.16. The highest BCUT2D eigenvalue weighted by molar-refractivity contribution is 7.11. The Balaban J connectivity index is 1.63. The number of hydrogen-bond acceptors (Lipinski definition) is 6. The predicted octanol–water partition coefficient (Wildman–Crippen LogP) is 2.81. The van der Waals surface area contributed by atoms with Crippen molar-refractivity contribution in [3.8, 4) is 0 Å². The molecule has 0 aromatic carbocycles. The monoisotopic (exact) mass is 417 g/mol. The molecule has 9 heteroatoms. The number of rotatable bonds is 8. The van der Waals surface area contributed by atoms with Crippen LogP contribution in [0, 0.1) is 13.8 Å². The van der Waals surface area contributed by atoms with E-state index in [0.717, 1.165) is 48.5 Å². The number of nitrogens with zero attached hydrogens (tertiary/aromatic N) is 6. The quantitative estimate of drug-likeness (QED) is 0.451. The van der Waals surface area contributed by atoms with Gasteiger partial charge in [-0.2, -0.15) is 0 Å². The van der Waals surface area contributed by atoms with Gasteiger partial charge in [-0.15, -0.1) is 32.9 Å². The SMILES string of the molecule is Cc1cnc(CCN(C)C(=NCc2nnc(C)n2C)NCCc2cccs2)s1. The largest absolute Gasteiger partial charge is 0.356 e. The van der Waals surface area contributed by atoms with E-state index < -0.39 is 0 Å². The van der Waals surface area contributed by atoms with Crippen LogP contribution in [0.4, 0.5) is 0 Å². The zero-order valence-corrected chi connectivity index (χ0v) is 18.5. The van der Waals surface area contributed by atoms with Crippen LogP contribution in [0.25, 0.3) is 0 Å². The van der Waals surface area contributed by atoms with Crippen molar-refractivity contribution in [2.75, 3.05) is 20.1 Å². The minimum absolute atomic E-state index is 0.499. The van der Waals surface area contributed by atoms with Gasteiger partial charge in [0.1, 0.15) is 12.4 Å². The van der Waals surface area contributed by atoms with Crippen LogP contribution < -0.4 is 5.32 Å². The molecule has 3 rings (SSSR count). The van der Waals surface area contributed by atoms with Gasteiger partial charge in [0, 0.05) is 49.6 Å². The highest BCUT2D eigenvalue weighted by atomic mass is 32.1. The van der Waals surface area contributed by atoms with Gasteiger partial charge in [0.25, 0.3) is 0 Å². The van der Waals surface area contributed by atoms with Crippen molar-refractivity contribution in [1.82, 2.24) is 30.0 Å². The summed E-state index contributed by atoms with van der Waals surface area (Å²) < 4.78 is 1.98. The normalized spacial score (nSPS) is 11.8. The summed E-state index contributed by atoms with van der Waals surface area (Å²) in [4.78, 5) is 14.0. The van der Waals surface area contributed by atoms with Crippen molar-refractivity contribution < 1.29 is 0 Å². The summed E-state index contributed by atoms with van der Waals surface area (Å²) >= 11 is 3.54. The van der Waals surface area contributed by atoms with Gasteiger partial charge >= 0.3 is 0 Å². The molecule has 3 heterocycles. The van der Waals surface area contributed by atoms with Crippen molar-refractivity contribution in [3.05, 3.63) is 50.1 Å². The maximum atomic E-state index is 4.80. The second-order valence-electron chi connectivity index (χ2n) is 6.65. The van der Waals surface area contributed by atoms with Crippen LogP contribution in [0.2, 0.25) is 0 Å². The Bertz CT molecular complexity index is 895.